The minimum absolute atomic E-state index is 0.109. The molecule has 7 nitrogen and oxygen atoms in total. The molecular weight excluding hydrogens is 342 g/mol. The van der Waals surface area contributed by atoms with E-state index < -0.39 is 5.91 Å². The number of nitrogens with zero attached hydrogens (tertiary/aromatic N) is 4. The average molecular weight is 363 g/mol. The Morgan fingerprint density at radius 3 is 2.48 bits per heavy atom. The van der Waals surface area contributed by atoms with E-state index in [4.69, 9.17) is 0 Å². The first kappa shape index (κ1) is 18.4. The standard InChI is InChI=1S/C20H21N5O2/c1-12-7-8-25(11-16-10-21-14(3)9-22-16)20(27)18(12)19(26)24-17-6-5-13(2)23-15(17)4/h5-10H,11H2,1-4H3,(H,24,26). The van der Waals surface area contributed by atoms with Gasteiger partial charge in [0.15, 0.2) is 0 Å². The summed E-state index contributed by atoms with van der Waals surface area (Å²) in [5.41, 5.74) is 3.96. The molecule has 0 aliphatic heterocycles. The summed E-state index contributed by atoms with van der Waals surface area (Å²) in [5, 5.41) is 2.79. The molecule has 3 heterocycles. The van der Waals surface area contributed by atoms with Crippen LogP contribution < -0.4 is 10.9 Å². The van der Waals surface area contributed by atoms with Crippen molar-refractivity contribution in [1.82, 2.24) is 19.5 Å². The topological polar surface area (TPSA) is 89.8 Å². The number of hydrogen-bond acceptors (Lipinski definition) is 5. The van der Waals surface area contributed by atoms with Gasteiger partial charge in [-0.2, -0.15) is 0 Å². The molecule has 27 heavy (non-hydrogen) atoms. The Morgan fingerprint density at radius 1 is 1.04 bits per heavy atom. The lowest BCUT2D eigenvalue weighted by Crippen LogP contribution is -2.30. The zero-order valence-electron chi connectivity index (χ0n) is 15.8. The van der Waals surface area contributed by atoms with Crippen molar-refractivity contribution in [3.8, 4) is 0 Å². The fourth-order valence-corrected chi connectivity index (χ4v) is 2.74. The van der Waals surface area contributed by atoms with Crippen molar-refractivity contribution in [2.75, 3.05) is 5.32 Å². The molecule has 3 aromatic rings. The Kier molecular flexibility index (Phi) is 5.12. The smallest absolute Gasteiger partial charge is 0.264 e. The third-order valence-electron chi connectivity index (χ3n) is 4.24. The zero-order chi connectivity index (χ0) is 19.6. The second kappa shape index (κ2) is 7.49. The third-order valence-corrected chi connectivity index (χ3v) is 4.24. The average Bonchev–Trinajstić information content (AvgIpc) is 2.62. The van der Waals surface area contributed by atoms with Gasteiger partial charge in [0, 0.05) is 18.1 Å². The molecule has 0 saturated heterocycles. The number of anilines is 1. The van der Waals surface area contributed by atoms with Crippen LogP contribution in [0.2, 0.25) is 0 Å². The van der Waals surface area contributed by atoms with E-state index in [9.17, 15) is 9.59 Å². The molecule has 0 fully saturated rings. The predicted molar refractivity (Wildman–Crippen MR) is 103 cm³/mol. The van der Waals surface area contributed by atoms with Crippen LogP contribution in [0.1, 0.15) is 38.7 Å². The second-order valence-electron chi connectivity index (χ2n) is 6.50. The molecule has 138 valence electrons. The van der Waals surface area contributed by atoms with Crippen LogP contribution in [0, 0.1) is 27.7 Å². The molecule has 1 N–H and O–H groups in total. The van der Waals surface area contributed by atoms with Crippen molar-refractivity contribution in [3.63, 3.8) is 0 Å². The Balaban J connectivity index is 1.91. The van der Waals surface area contributed by atoms with Crippen molar-refractivity contribution >= 4 is 11.6 Å². The molecule has 0 atom stereocenters. The number of pyridine rings is 2. The Morgan fingerprint density at radius 2 is 1.81 bits per heavy atom. The first-order chi connectivity index (χ1) is 12.8. The normalized spacial score (nSPS) is 10.7. The van der Waals surface area contributed by atoms with Gasteiger partial charge in [0.1, 0.15) is 5.56 Å². The summed E-state index contributed by atoms with van der Waals surface area (Å²) < 4.78 is 1.46. The highest BCUT2D eigenvalue weighted by atomic mass is 16.2. The van der Waals surface area contributed by atoms with Crippen molar-refractivity contribution in [2.24, 2.45) is 0 Å². The summed E-state index contributed by atoms with van der Waals surface area (Å²) in [7, 11) is 0. The molecule has 0 aliphatic carbocycles. The maximum absolute atomic E-state index is 12.9. The van der Waals surface area contributed by atoms with Crippen LogP contribution in [-0.2, 0) is 6.54 Å². The summed E-state index contributed by atoms with van der Waals surface area (Å²) >= 11 is 0. The van der Waals surface area contributed by atoms with Gasteiger partial charge in [0.2, 0.25) is 0 Å². The van der Waals surface area contributed by atoms with Crippen LogP contribution in [0.5, 0.6) is 0 Å². The minimum Gasteiger partial charge on any atom is -0.320 e. The summed E-state index contributed by atoms with van der Waals surface area (Å²) in [6, 6.07) is 5.35. The highest BCUT2D eigenvalue weighted by Crippen LogP contribution is 2.14. The lowest BCUT2D eigenvalue weighted by molar-refractivity contribution is 0.102. The van der Waals surface area contributed by atoms with Gasteiger partial charge >= 0.3 is 0 Å². The summed E-state index contributed by atoms with van der Waals surface area (Å²) in [6.07, 6.45) is 4.94. The van der Waals surface area contributed by atoms with E-state index in [1.807, 2.05) is 26.8 Å². The van der Waals surface area contributed by atoms with E-state index in [2.05, 4.69) is 20.3 Å². The number of nitrogens with one attached hydrogen (secondary N) is 1. The Hall–Kier alpha value is -3.35. The SMILES string of the molecule is Cc1cnc(Cn2ccc(C)c(C(=O)Nc3ccc(C)nc3C)c2=O)cn1. The van der Waals surface area contributed by atoms with Crippen LogP contribution in [0.25, 0.3) is 0 Å². The van der Waals surface area contributed by atoms with Crippen molar-refractivity contribution in [3.05, 3.63) is 81.0 Å². The lowest BCUT2D eigenvalue weighted by Gasteiger charge is -2.12. The maximum Gasteiger partial charge on any atom is 0.264 e. The molecule has 3 rings (SSSR count). The van der Waals surface area contributed by atoms with E-state index in [0.717, 1.165) is 11.4 Å². The first-order valence-corrected chi connectivity index (χ1v) is 8.58. The molecular formula is C20H21N5O2. The van der Waals surface area contributed by atoms with Gasteiger partial charge in [-0.1, -0.05) is 0 Å². The van der Waals surface area contributed by atoms with Crippen LogP contribution in [0.4, 0.5) is 5.69 Å². The van der Waals surface area contributed by atoms with Crippen LogP contribution in [0.3, 0.4) is 0 Å². The fraction of sp³-hybridized carbons (Fsp3) is 0.250. The molecule has 3 aromatic heterocycles. The molecule has 7 heteroatoms. The number of carbonyl (C=O) groups excluding carboxylic acids is 1. The van der Waals surface area contributed by atoms with E-state index in [-0.39, 0.29) is 17.7 Å². The maximum atomic E-state index is 12.9. The fourth-order valence-electron chi connectivity index (χ4n) is 2.74. The minimum atomic E-state index is -0.449. The zero-order valence-corrected chi connectivity index (χ0v) is 15.8. The monoisotopic (exact) mass is 363 g/mol. The molecule has 0 saturated carbocycles. The molecule has 0 bridgehead atoms. The third kappa shape index (κ3) is 4.08. The van der Waals surface area contributed by atoms with Gasteiger partial charge in [-0.05, 0) is 51.5 Å². The van der Waals surface area contributed by atoms with Crippen molar-refractivity contribution in [1.29, 1.82) is 0 Å². The Labute approximate surface area is 157 Å². The summed E-state index contributed by atoms with van der Waals surface area (Å²) in [4.78, 5) is 38.4. The quantitative estimate of drug-likeness (QED) is 0.769. The highest BCUT2D eigenvalue weighted by Gasteiger charge is 2.17. The molecule has 0 radical (unpaired) electrons. The summed E-state index contributed by atoms with van der Waals surface area (Å²) in [6.45, 7) is 7.53. The predicted octanol–water partition coefficient (Wildman–Crippen LogP) is 2.57. The van der Waals surface area contributed by atoms with Gasteiger partial charge in [0.05, 0.1) is 35.5 Å². The van der Waals surface area contributed by atoms with E-state index in [1.54, 1.807) is 37.6 Å². The van der Waals surface area contributed by atoms with Gasteiger partial charge in [-0.25, -0.2) is 0 Å². The number of aromatic nitrogens is 4. The molecule has 0 unspecified atom stereocenters. The van der Waals surface area contributed by atoms with E-state index in [1.165, 1.54) is 4.57 Å². The number of aryl methyl sites for hydroxylation is 4. The van der Waals surface area contributed by atoms with E-state index >= 15 is 0 Å². The van der Waals surface area contributed by atoms with Gasteiger partial charge < -0.3 is 9.88 Å². The number of amides is 1. The molecule has 0 aliphatic rings. The van der Waals surface area contributed by atoms with Crippen molar-refractivity contribution < 1.29 is 4.79 Å². The van der Waals surface area contributed by atoms with Gasteiger partial charge in [-0.3, -0.25) is 24.5 Å². The highest BCUT2D eigenvalue weighted by molar-refractivity contribution is 6.05. The van der Waals surface area contributed by atoms with E-state index in [0.29, 0.717) is 22.6 Å². The largest absolute Gasteiger partial charge is 0.320 e. The summed E-state index contributed by atoms with van der Waals surface area (Å²) in [5.74, 6) is -0.449. The van der Waals surface area contributed by atoms with Crippen LogP contribution in [0.15, 0.2) is 41.6 Å². The number of rotatable bonds is 4. The Bertz CT molecular complexity index is 1050. The van der Waals surface area contributed by atoms with Crippen LogP contribution in [-0.4, -0.2) is 25.4 Å². The molecule has 0 aromatic carbocycles. The number of carbonyl (C=O) groups is 1. The second-order valence-corrected chi connectivity index (χ2v) is 6.50. The molecule has 0 spiro atoms. The number of hydrogen-bond donors (Lipinski definition) is 1. The van der Waals surface area contributed by atoms with Crippen LogP contribution >= 0.6 is 0 Å². The first-order valence-electron chi connectivity index (χ1n) is 8.58. The van der Waals surface area contributed by atoms with Gasteiger partial charge in [0.25, 0.3) is 11.5 Å². The van der Waals surface area contributed by atoms with Gasteiger partial charge in [-0.15, -0.1) is 0 Å². The molecule has 1 amide bonds. The lowest BCUT2D eigenvalue weighted by atomic mass is 10.1. The van der Waals surface area contributed by atoms with Crippen molar-refractivity contribution in [2.45, 2.75) is 34.2 Å².